The molecule has 0 amide bonds. The first-order valence-corrected chi connectivity index (χ1v) is 7.24. The van der Waals surface area contributed by atoms with Crippen molar-refractivity contribution >= 4 is 5.69 Å². The van der Waals surface area contributed by atoms with E-state index in [9.17, 15) is 0 Å². The van der Waals surface area contributed by atoms with Crippen LogP contribution < -0.4 is 10.2 Å². The van der Waals surface area contributed by atoms with Gasteiger partial charge in [-0.2, -0.15) is 0 Å². The second-order valence-corrected chi connectivity index (χ2v) is 5.20. The van der Waals surface area contributed by atoms with Crippen LogP contribution >= 0.6 is 0 Å². The number of hydrogen-bond acceptors (Lipinski definition) is 4. The van der Waals surface area contributed by atoms with E-state index in [2.05, 4.69) is 41.5 Å². The van der Waals surface area contributed by atoms with E-state index < -0.39 is 0 Å². The number of nitrogens with one attached hydrogen (secondary N) is 1. The average Bonchev–Trinajstić information content (AvgIpc) is 2.89. The Morgan fingerprint density at radius 3 is 2.52 bits per heavy atom. The second-order valence-electron chi connectivity index (χ2n) is 5.20. The van der Waals surface area contributed by atoms with Gasteiger partial charge in [0.15, 0.2) is 0 Å². The molecular formula is C17H24N2O2. The first-order chi connectivity index (χ1) is 10.2. The van der Waals surface area contributed by atoms with E-state index in [-0.39, 0.29) is 0 Å². The van der Waals surface area contributed by atoms with Crippen LogP contribution in [0.25, 0.3) is 0 Å². The monoisotopic (exact) mass is 288 g/mol. The molecule has 0 bridgehead atoms. The number of rotatable bonds is 8. The van der Waals surface area contributed by atoms with E-state index in [1.54, 1.807) is 7.11 Å². The Labute approximate surface area is 126 Å². The molecular weight excluding hydrogens is 264 g/mol. The van der Waals surface area contributed by atoms with Gasteiger partial charge >= 0.3 is 0 Å². The fourth-order valence-electron chi connectivity index (χ4n) is 2.17. The minimum atomic E-state index is 0.739. The molecule has 4 heteroatoms. The van der Waals surface area contributed by atoms with Gasteiger partial charge in [-0.05, 0) is 36.8 Å². The molecule has 0 unspecified atom stereocenters. The molecule has 0 fully saturated rings. The van der Waals surface area contributed by atoms with E-state index in [1.807, 2.05) is 19.1 Å². The fraction of sp³-hybridized carbons (Fsp3) is 0.412. The molecule has 0 aliphatic carbocycles. The summed E-state index contributed by atoms with van der Waals surface area (Å²) in [4.78, 5) is 2.18. The van der Waals surface area contributed by atoms with E-state index in [0.717, 1.165) is 37.8 Å². The van der Waals surface area contributed by atoms with Crippen LogP contribution in [0.15, 0.2) is 40.8 Å². The lowest BCUT2D eigenvalue weighted by atomic mass is 10.2. The summed E-state index contributed by atoms with van der Waals surface area (Å²) < 4.78 is 10.6. The molecule has 114 valence electrons. The number of ether oxygens (including phenoxy) is 1. The molecule has 2 rings (SSSR count). The maximum Gasteiger partial charge on any atom is 0.123 e. The minimum absolute atomic E-state index is 0.739. The summed E-state index contributed by atoms with van der Waals surface area (Å²) in [6.07, 6.45) is 0. The van der Waals surface area contributed by atoms with Crippen LogP contribution in [0, 0.1) is 6.92 Å². The van der Waals surface area contributed by atoms with Crippen molar-refractivity contribution in [3.8, 4) is 0 Å². The lowest BCUT2D eigenvalue weighted by molar-refractivity contribution is 0.199. The van der Waals surface area contributed by atoms with Gasteiger partial charge in [-0.15, -0.1) is 0 Å². The van der Waals surface area contributed by atoms with Gasteiger partial charge in [0.2, 0.25) is 0 Å². The van der Waals surface area contributed by atoms with Crippen LogP contribution in [0.4, 0.5) is 5.69 Å². The molecule has 0 radical (unpaired) electrons. The van der Waals surface area contributed by atoms with Crippen LogP contribution in [0.3, 0.4) is 0 Å². The number of anilines is 1. The van der Waals surface area contributed by atoms with Crippen LogP contribution in [-0.2, 0) is 17.8 Å². The molecule has 4 nitrogen and oxygen atoms in total. The Hall–Kier alpha value is -1.78. The van der Waals surface area contributed by atoms with Crippen molar-refractivity contribution in [2.24, 2.45) is 0 Å². The number of aryl methyl sites for hydroxylation is 1. The van der Waals surface area contributed by atoms with Gasteiger partial charge < -0.3 is 19.4 Å². The highest BCUT2D eigenvalue weighted by Gasteiger charge is 2.05. The number of furan rings is 1. The predicted molar refractivity (Wildman–Crippen MR) is 85.6 cm³/mol. The van der Waals surface area contributed by atoms with Gasteiger partial charge in [0.25, 0.3) is 0 Å². The topological polar surface area (TPSA) is 37.6 Å². The molecule has 1 N–H and O–H groups in total. The van der Waals surface area contributed by atoms with Crippen molar-refractivity contribution < 1.29 is 9.15 Å². The summed E-state index contributed by atoms with van der Waals surface area (Å²) in [7, 11) is 3.79. The van der Waals surface area contributed by atoms with E-state index in [0.29, 0.717) is 0 Å². The van der Waals surface area contributed by atoms with E-state index >= 15 is 0 Å². The van der Waals surface area contributed by atoms with Crippen LogP contribution in [0.1, 0.15) is 17.1 Å². The Morgan fingerprint density at radius 1 is 1.14 bits per heavy atom. The van der Waals surface area contributed by atoms with Gasteiger partial charge in [-0.25, -0.2) is 0 Å². The quantitative estimate of drug-likeness (QED) is 0.758. The van der Waals surface area contributed by atoms with Crippen molar-refractivity contribution in [2.75, 3.05) is 32.2 Å². The zero-order chi connectivity index (χ0) is 15.1. The van der Waals surface area contributed by atoms with Gasteiger partial charge in [0.1, 0.15) is 11.5 Å². The highest BCUT2D eigenvalue weighted by Crippen LogP contribution is 2.17. The smallest absolute Gasteiger partial charge is 0.123 e. The lowest BCUT2D eigenvalue weighted by Gasteiger charge is -2.18. The van der Waals surface area contributed by atoms with Crippen LogP contribution in [0.5, 0.6) is 0 Å². The van der Waals surface area contributed by atoms with Crippen molar-refractivity contribution in [1.29, 1.82) is 0 Å². The second kappa shape index (κ2) is 7.86. The Morgan fingerprint density at radius 2 is 1.90 bits per heavy atom. The molecule has 0 saturated carbocycles. The van der Waals surface area contributed by atoms with Crippen LogP contribution in [-0.4, -0.2) is 27.3 Å². The normalized spacial score (nSPS) is 10.8. The van der Waals surface area contributed by atoms with E-state index in [1.165, 1.54) is 11.3 Å². The number of hydrogen-bond donors (Lipinski definition) is 1. The molecule has 0 aliphatic heterocycles. The summed E-state index contributed by atoms with van der Waals surface area (Å²) in [6, 6.07) is 12.6. The third-order valence-corrected chi connectivity index (χ3v) is 3.38. The van der Waals surface area contributed by atoms with Gasteiger partial charge in [-0.3, -0.25) is 0 Å². The number of methoxy groups -OCH3 is 1. The fourth-order valence-corrected chi connectivity index (χ4v) is 2.17. The number of benzene rings is 1. The first kappa shape index (κ1) is 15.6. The molecule has 1 aromatic carbocycles. The Kier molecular flexibility index (Phi) is 5.84. The molecule has 2 aromatic rings. The SMILES string of the molecule is COCCNCc1ccc(N(C)Cc2ccc(C)o2)cc1. The molecule has 0 atom stereocenters. The van der Waals surface area contributed by atoms with Gasteiger partial charge in [-0.1, -0.05) is 12.1 Å². The molecule has 0 saturated heterocycles. The van der Waals surface area contributed by atoms with Crippen molar-refractivity contribution in [1.82, 2.24) is 5.32 Å². The first-order valence-electron chi connectivity index (χ1n) is 7.24. The summed E-state index contributed by atoms with van der Waals surface area (Å²) in [5.41, 5.74) is 2.46. The van der Waals surface area contributed by atoms with Gasteiger partial charge in [0, 0.05) is 32.9 Å². The van der Waals surface area contributed by atoms with Crippen molar-refractivity contribution in [3.05, 3.63) is 53.5 Å². The molecule has 0 spiro atoms. The predicted octanol–water partition coefficient (Wildman–Crippen LogP) is 2.96. The summed E-state index contributed by atoms with van der Waals surface area (Å²) in [5.74, 6) is 1.94. The number of nitrogens with zero attached hydrogens (tertiary/aromatic N) is 1. The highest BCUT2D eigenvalue weighted by molar-refractivity contribution is 5.47. The standard InChI is InChI=1S/C17H24N2O2/c1-14-4-9-17(21-14)13-19(2)16-7-5-15(6-8-16)12-18-10-11-20-3/h4-9,18H,10-13H2,1-3H3. The minimum Gasteiger partial charge on any atom is -0.464 e. The molecule has 0 aliphatic rings. The summed E-state index contributed by atoms with van der Waals surface area (Å²) in [6.45, 7) is 5.22. The zero-order valence-corrected chi connectivity index (χ0v) is 13.1. The van der Waals surface area contributed by atoms with Crippen molar-refractivity contribution in [2.45, 2.75) is 20.0 Å². The maximum atomic E-state index is 5.61. The summed E-state index contributed by atoms with van der Waals surface area (Å²) >= 11 is 0. The Bertz CT molecular complexity index is 534. The molecule has 1 aromatic heterocycles. The molecule has 1 heterocycles. The zero-order valence-electron chi connectivity index (χ0n) is 13.1. The summed E-state index contributed by atoms with van der Waals surface area (Å²) in [5, 5.41) is 3.34. The third-order valence-electron chi connectivity index (χ3n) is 3.38. The van der Waals surface area contributed by atoms with E-state index in [4.69, 9.17) is 9.15 Å². The third kappa shape index (κ3) is 4.92. The van der Waals surface area contributed by atoms with Crippen molar-refractivity contribution in [3.63, 3.8) is 0 Å². The Balaban J connectivity index is 1.86. The lowest BCUT2D eigenvalue weighted by Crippen LogP contribution is -2.19. The highest BCUT2D eigenvalue weighted by atomic mass is 16.5. The van der Waals surface area contributed by atoms with Gasteiger partial charge in [0.05, 0.1) is 13.2 Å². The maximum absolute atomic E-state index is 5.61. The molecule has 21 heavy (non-hydrogen) atoms. The largest absolute Gasteiger partial charge is 0.464 e. The van der Waals surface area contributed by atoms with Crippen LogP contribution in [0.2, 0.25) is 0 Å². The average molecular weight is 288 g/mol.